The van der Waals surface area contributed by atoms with E-state index >= 15 is 0 Å². The van der Waals surface area contributed by atoms with Crippen molar-refractivity contribution < 1.29 is 4.79 Å². The van der Waals surface area contributed by atoms with E-state index in [1.165, 1.54) is 12.8 Å². The Morgan fingerprint density at radius 1 is 1.55 bits per heavy atom. The summed E-state index contributed by atoms with van der Waals surface area (Å²) in [6.07, 6.45) is 4.09. The fourth-order valence-electron chi connectivity index (χ4n) is 0.947. The molecule has 66 valence electrons. The lowest BCUT2D eigenvalue weighted by atomic mass is 10.2. The van der Waals surface area contributed by atoms with Crippen LogP contribution in [-0.4, -0.2) is 30.8 Å². The quantitative estimate of drug-likeness (QED) is 0.547. The van der Waals surface area contributed by atoms with Gasteiger partial charge in [-0.25, -0.2) is 0 Å². The first kappa shape index (κ1) is 10.6. The molecule has 0 amide bonds. The van der Waals surface area contributed by atoms with Crippen LogP contribution in [0.1, 0.15) is 33.1 Å². The number of nitrogens with zero attached hydrogens (tertiary/aromatic N) is 1. The summed E-state index contributed by atoms with van der Waals surface area (Å²) in [5.74, 6) is 0. The summed E-state index contributed by atoms with van der Waals surface area (Å²) in [4.78, 5) is 12.4. The third-order valence-corrected chi connectivity index (χ3v) is 2.05. The zero-order valence-corrected chi connectivity index (χ0v) is 7.84. The van der Waals surface area contributed by atoms with E-state index in [0.717, 1.165) is 12.8 Å². The Labute approximate surface area is 69.6 Å². The van der Waals surface area contributed by atoms with Crippen molar-refractivity contribution in [2.24, 2.45) is 0 Å². The molecule has 0 saturated heterocycles. The Morgan fingerprint density at radius 2 is 2.18 bits per heavy atom. The van der Waals surface area contributed by atoms with Gasteiger partial charge < -0.3 is 9.69 Å². The van der Waals surface area contributed by atoms with Crippen LogP contribution in [0.3, 0.4) is 0 Å². The number of carbonyl (C=O) groups excluding carboxylic acids is 1. The second-order valence-corrected chi connectivity index (χ2v) is 3.09. The van der Waals surface area contributed by atoms with E-state index in [2.05, 4.69) is 25.8 Å². The van der Waals surface area contributed by atoms with Crippen LogP contribution in [-0.2, 0) is 4.79 Å². The average Bonchev–Trinajstić information content (AvgIpc) is 2.00. The van der Waals surface area contributed by atoms with Gasteiger partial charge in [-0.05, 0) is 26.9 Å². The largest absolute Gasteiger partial charge is 0.303 e. The lowest BCUT2D eigenvalue weighted by Gasteiger charge is -2.22. The topological polar surface area (TPSA) is 20.3 Å². The van der Waals surface area contributed by atoms with E-state index < -0.39 is 0 Å². The summed E-state index contributed by atoms with van der Waals surface area (Å²) in [7, 11) is 2.07. The molecule has 0 aliphatic carbocycles. The minimum atomic E-state index is 0.402. The number of carbonyl (C=O) groups is 1. The molecule has 0 aromatic rings. The molecule has 0 N–H and O–H groups in total. The number of aldehydes is 1. The highest BCUT2D eigenvalue weighted by Gasteiger charge is 2.06. The van der Waals surface area contributed by atoms with E-state index in [0.29, 0.717) is 12.5 Å². The zero-order valence-electron chi connectivity index (χ0n) is 7.84. The molecule has 1 atom stereocenters. The first-order valence-electron chi connectivity index (χ1n) is 4.36. The summed E-state index contributed by atoms with van der Waals surface area (Å²) in [5, 5.41) is 0. The summed E-state index contributed by atoms with van der Waals surface area (Å²) < 4.78 is 0. The molecule has 0 aromatic heterocycles. The maximum absolute atomic E-state index is 10.2. The second-order valence-electron chi connectivity index (χ2n) is 3.09. The molecule has 2 nitrogen and oxygen atoms in total. The van der Waals surface area contributed by atoms with Gasteiger partial charge in [0.1, 0.15) is 6.29 Å². The SMILES string of the molecule is CCCCN(C)C(C)CC=O. The van der Waals surface area contributed by atoms with Gasteiger partial charge in [-0.15, -0.1) is 0 Å². The van der Waals surface area contributed by atoms with Crippen LogP contribution < -0.4 is 0 Å². The van der Waals surface area contributed by atoms with E-state index in [1.807, 2.05) is 0 Å². The summed E-state index contributed by atoms with van der Waals surface area (Å²) >= 11 is 0. The maximum atomic E-state index is 10.2. The average molecular weight is 157 g/mol. The predicted octanol–water partition coefficient (Wildman–Crippen LogP) is 1.70. The van der Waals surface area contributed by atoms with Gasteiger partial charge in [0.2, 0.25) is 0 Å². The number of hydrogen-bond donors (Lipinski definition) is 0. The molecule has 0 fully saturated rings. The van der Waals surface area contributed by atoms with Gasteiger partial charge in [-0.1, -0.05) is 13.3 Å². The van der Waals surface area contributed by atoms with Gasteiger partial charge in [0.15, 0.2) is 0 Å². The fraction of sp³-hybridized carbons (Fsp3) is 0.889. The van der Waals surface area contributed by atoms with Crippen LogP contribution >= 0.6 is 0 Å². The Morgan fingerprint density at radius 3 is 2.64 bits per heavy atom. The van der Waals surface area contributed by atoms with Crippen LogP contribution in [0.15, 0.2) is 0 Å². The molecule has 0 aromatic carbocycles. The molecule has 0 aliphatic rings. The van der Waals surface area contributed by atoms with Crippen LogP contribution in [0.4, 0.5) is 0 Å². The van der Waals surface area contributed by atoms with Crippen LogP contribution in [0.25, 0.3) is 0 Å². The fourth-order valence-corrected chi connectivity index (χ4v) is 0.947. The molecule has 2 heteroatoms. The van der Waals surface area contributed by atoms with Crippen molar-refractivity contribution >= 4 is 6.29 Å². The molecule has 0 saturated carbocycles. The Hall–Kier alpha value is -0.370. The molecule has 11 heavy (non-hydrogen) atoms. The molecule has 0 radical (unpaired) electrons. The van der Waals surface area contributed by atoms with Crippen LogP contribution in [0, 0.1) is 0 Å². The molecule has 1 unspecified atom stereocenters. The van der Waals surface area contributed by atoms with Crippen molar-refractivity contribution in [2.45, 2.75) is 39.2 Å². The molecule has 0 heterocycles. The predicted molar refractivity (Wildman–Crippen MR) is 47.7 cm³/mol. The highest BCUT2D eigenvalue weighted by Crippen LogP contribution is 2.00. The van der Waals surface area contributed by atoms with E-state index in [4.69, 9.17) is 0 Å². The smallest absolute Gasteiger partial charge is 0.121 e. The molecule has 0 bridgehead atoms. The molecule has 0 aliphatic heterocycles. The van der Waals surface area contributed by atoms with Crippen LogP contribution in [0.2, 0.25) is 0 Å². The van der Waals surface area contributed by atoms with E-state index in [-0.39, 0.29) is 0 Å². The second kappa shape index (κ2) is 6.35. The summed E-state index contributed by atoms with van der Waals surface area (Å²) in [5.41, 5.74) is 0. The monoisotopic (exact) mass is 157 g/mol. The normalized spacial score (nSPS) is 13.5. The summed E-state index contributed by atoms with van der Waals surface area (Å²) in [6, 6.07) is 0.402. The number of hydrogen-bond acceptors (Lipinski definition) is 2. The molecule has 0 spiro atoms. The van der Waals surface area contributed by atoms with Crippen molar-refractivity contribution in [2.75, 3.05) is 13.6 Å². The molecular formula is C9H19NO. The van der Waals surface area contributed by atoms with Gasteiger partial charge in [-0.2, -0.15) is 0 Å². The lowest BCUT2D eigenvalue weighted by molar-refractivity contribution is -0.108. The third kappa shape index (κ3) is 4.96. The van der Waals surface area contributed by atoms with Gasteiger partial charge in [0, 0.05) is 12.5 Å². The first-order chi connectivity index (χ1) is 5.22. The van der Waals surface area contributed by atoms with E-state index in [1.54, 1.807) is 0 Å². The van der Waals surface area contributed by atoms with Gasteiger partial charge in [0.05, 0.1) is 0 Å². The van der Waals surface area contributed by atoms with Gasteiger partial charge >= 0.3 is 0 Å². The highest BCUT2D eigenvalue weighted by molar-refractivity contribution is 5.50. The third-order valence-electron chi connectivity index (χ3n) is 2.05. The van der Waals surface area contributed by atoms with Crippen molar-refractivity contribution in [1.29, 1.82) is 0 Å². The van der Waals surface area contributed by atoms with Crippen molar-refractivity contribution in [1.82, 2.24) is 4.90 Å². The minimum absolute atomic E-state index is 0.402. The lowest BCUT2D eigenvalue weighted by Crippen LogP contribution is -2.30. The Balaban J connectivity index is 3.45. The standard InChI is InChI=1S/C9H19NO/c1-4-5-7-10(3)9(2)6-8-11/h8-9H,4-7H2,1-3H3. The Bertz CT molecular complexity index is 104. The maximum Gasteiger partial charge on any atom is 0.121 e. The minimum Gasteiger partial charge on any atom is -0.303 e. The van der Waals surface area contributed by atoms with Crippen molar-refractivity contribution in [3.63, 3.8) is 0 Å². The zero-order chi connectivity index (χ0) is 8.69. The Kier molecular flexibility index (Phi) is 6.13. The molecular weight excluding hydrogens is 138 g/mol. The summed E-state index contributed by atoms with van der Waals surface area (Å²) in [6.45, 7) is 5.37. The van der Waals surface area contributed by atoms with Gasteiger partial charge in [0.25, 0.3) is 0 Å². The van der Waals surface area contributed by atoms with Crippen molar-refractivity contribution in [3.05, 3.63) is 0 Å². The molecule has 0 rings (SSSR count). The van der Waals surface area contributed by atoms with Crippen molar-refractivity contribution in [3.8, 4) is 0 Å². The highest BCUT2D eigenvalue weighted by atomic mass is 16.1. The van der Waals surface area contributed by atoms with E-state index in [9.17, 15) is 4.79 Å². The van der Waals surface area contributed by atoms with Gasteiger partial charge in [-0.3, -0.25) is 0 Å². The number of rotatable bonds is 6. The van der Waals surface area contributed by atoms with Crippen LogP contribution in [0.5, 0.6) is 0 Å². The first-order valence-corrected chi connectivity index (χ1v) is 4.36. The number of unbranched alkanes of at least 4 members (excludes halogenated alkanes) is 1.